The highest BCUT2D eigenvalue weighted by molar-refractivity contribution is 6.36. The van der Waals surface area contributed by atoms with Crippen LogP contribution in [0, 0.1) is 5.82 Å². The third-order valence-corrected chi connectivity index (χ3v) is 5.68. The van der Waals surface area contributed by atoms with Crippen LogP contribution in [0.3, 0.4) is 0 Å². The first-order chi connectivity index (χ1) is 16.4. The van der Waals surface area contributed by atoms with Gasteiger partial charge in [-0.2, -0.15) is 0 Å². The quantitative estimate of drug-likeness (QED) is 0.499. The number of aryl methyl sites for hydroxylation is 2. The zero-order valence-corrected chi connectivity index (χ0v) is 18.7. The number of ether oxygens (including phenoxy) is 1. The highest BCUT2D eigenvalue weighted by Crippen LogP contribution is 2.41. The smallest absolute Gasteiger partial charge is 0.303 e. The van der Waals surface area contributed by atoms with E-state index < -0.39 is 5.97 Å². The molecule has 2 aromatic carbocycles. The van der Waals surface area contributed by atoms with Gasteiger partial charge in [0.1, 0.15) is 18.2 Å². The Balaban J connectivity index is 0.000000210. The van der Waals surface area contributed by atoms with Gasteiger partial charge < -0.3 is 25.5 Å². The predicted molar refractivity (Wildman–Crippen MR) is 125 cm³/mol. The van der Waals surface area contributed by atoms with Gasteiger partial charge in [-0.25, -0.2) is 9.37 Å². The summed E-state index contributed by atoms with van der Waals surface area (Å²) in [6.45, 7) is 0.993. The van der Waals surface area contributed by atoms with E-state index in [-0.39, 0.29) is 18.1 Å². The lowest BCUT2D eigenvalue weighted by molar-refractivity contribution is -0.137. The summed E-state index contributed by atoms with van der Waals surface area (Å²) in [5.74, 6) is -0.901. The van der Waals surface area contributed by atoms with E-state index in [1.807, 2.05) is 23.7 Å². The second-order valence-corrected chi connectivity index (χ2v) is 8.06. The van der Waals surface area contributed by atoms with Gasteiger partial charge in [-0.1, -0.05) is 18.2 Å². The van der Waals surface area contributed by atoms with Crippen molar-refractivity contribution < 1.29 is 23.8 Å². The van der Waals surface area contributed by atoms with Gasteiger partial charge in [-0.15, -0.1) is 0 Å². The average molecular weight is 464 g/mol. The first-order valence-corrected chi connectivity index (χ1v) is 10.8. The van der Waals surface area contributed by atoms with Gasteiger partial charge in [-0.05, 0) is 43.1 Å². The highest BCUT2D eigenvalue weighted by atomic mass is 19.1. The molecule has 0 saturated heterocycles. The number of fused-ring (bicyclic) bond motifs is 2. The molecule has 176 valence electrons. The number of nitrogens with zero attached hydrogens (tertiary/aromatic N) is 2. The van der Waals surface area contributed by atoms with Crippen molar-refractivity contribution in [3.8, 4) is 0 Å². The maximum absolute atomic E-state index is 13.6. The van der Waals surface area contributed by atoms with Gasteiger partial charge in [0.25, 0.3) is 5.91 Å². The molecule has 2 aliphatic heterocycles. The minimum absolute atomic E-state index is 0.166. The fourth-order valence-electron chi connectivity index (χ4n) is 3.97. The molecule has 0 radical (unpaired) electrons. The molecule has 8 nitrogen and oxygen atoms in total. The summed E-state index contributed by atoms with van der Waals surface area (Å²) in [5.41, 5.74) is 11.1. The van der Waals surface area contributed by atoms with E-state index in [0.717, 1.165) is 28.8 Å². The van der Waals surface area contributed by atoms with E-state index in [0.29, 0.717) is 42.2 Å². The SMILES string of the molecule is Cn1cncc1CCC(=O)O.NCCc1ccc2c(c1)CO/C2=C1/C(=O)Nc2ccc(F)cc21. The maximum Gasteiger partial charge on any atom is 0.303 e. The fourth-order valence-corrected chi connectivity index (χ4v) is 3.97. The minimum Gasteiger partial charge on any atom is -0.487 e. The summed E-state index contributed by atoms with van der Waals surface area (Å²) in [4.78, 5) is 26.4. The number of hydrogen-bond donors (Lipinski definition) is 3. The van der Waals surface area contributed by atoms with Crippen molar-refractivity contribution in [1.82, 2.24) is 9.55 Å². The van der Waals surface area contributed by atoms with Crippen molar-refractivity contribution in [1.29, 1.82) is 0 Å². The normalized spacial score (nSPS) is 15.7. The molecule has 1 aromatic heterocycles. The number of aromatic nitrogens is 2. The minimum atomic E-state index is -0.772. The monoisotopic (exact) mass is 464 g/mol. The first-order valence-electron chi connectivity index (χ1n) is 10.8. The summed E-state index contributed by atoms with van der Waals surface area (Å²) < 4.78 is 21.2. The molecule has 0 saturated carbocycles. The van der Waals surface area contributed by atoms with E-state index in [4.69, 9.17) is 15.6 Å². The zero-order valence-electron chi connectivity index (χ0n) is 18.7. The summed E-state index contributed by atoms with van der Waals surface area (Å²) >= 11 is 0. The molecule has 3 heterocycles. The van der Waals surface area contributed by atoms with Crippen molar-refractivity contribution in [2.24, 2.45) is 12.8 Å². The number of amides is 1. The van der Waals surface area contributed by atoms with Gasteiger partial charge >= 0.3 is 5.97 Å². The lowest BCUT2D eigenvalue weighted by atomic mass is 9.98. The van der Waals surface area contributed by atoms with Crippen molar-refractivity contribution in [3.05, 3.63) is 82.7 Å². The fraction of sp³-hybridized carbons (Fsp3) is 0.240. The second kappa shape index (κ2) is 9.88. The third-order valence-electron chi connectivity index (χ3n) is 5.68. The van der Waals surface area contributed by atoms with Crippen molar-refractivity contribution in [2.75, 3.05) is 11.9 Å². The molecular weight excluding hydrogens is 439 g/mol. The topological polar surface area (TPSA) is 119 Å². The molecule has 2 aliphatic rings. The molecule has 9 heteroatoms. The molecule has 0 fully saturated rings. The number of carboxylic acids is 1. The molecule has 5 rings (SSSR count). The van der Waals surface area contributed by atoms with Crippen LogP contribution in [0.1, 0.15) is 34.4 Å². The Hall–Kier alpha value is -3.98. The van der Waals surface area contributed by atoms with Crippen LogP contribution in [0.5, 0.6) is 0 Å². The van der Waals surface area contributed by atoms with Crippen LogP contribution in [0.4, 0.5) is 10.1 Å². The Morgan fingerprint density at radius 1 is 1.24 bits per heavy atom. The van der Waals surface area contributed by atoms with E-state index in [1.54, 1.807) is 18.6 Å². The summed E-state index contributed by atoms with van der Waals surface area (Å²) in [6, 6.07) is 10.2. The lowest BCUT2D eigenvalue weighted by Gasteiger charge is -2.06. The number of carboxylic acid groups (broad SMARTS) is 1. The summed E-state index contributed by atoms with van der Waals surface area (Å²) in [5, 5.41) is 11.1. The van der Waals surface area contributed by atoms with Gasteiger partial charge in [-0.3, -0.25) is 9.59 Å². The number of rotatable bonds is 5. The molecular formula is C25H25FN4O4. The number of aliphatic carboxylic acids is 1. The highest BCUT2D eigenvalue weighted by Gasteiger charge is 2.32. The van der Waals surface area contributed by atoms with Crippen molar-refractivity contribution in [3.63, 3.8) is 0 Å². The summed E-state index contributed by atoms with van der Waals surface area (Å²) in [7, 11) is 1.85. The van der Waals surface area contributed by atoms with Gasteiger partial charge in [0.15, 0.2) is 0 Å². The van der Waals surface area contributed by atoms with E-state index in [2.05, 4.69) is 16.4 Å². The molecule has 0 unspecified atom stereocenters. The van der Waals surface area contributed by atoms with Crippen molar-refractivity contribution >= 4 is 28.9 Å². The van der Waals surface area contributed by atoms with E-state index in [1.165, 1.54) is 12.1 Å². The zero-order chi connectivity index (χ0) is 24.2. The number of halogens is 1. The van der Waals surface area contributed by atoms with Crippen LogP contribution in [-0.4, -0.2) is 33.1 Å². The molecule has 1 amide bonds. The summed E-state index contributed by atoms with van der Waals surface area (Å²) in [6.07, 6.45) is 4.86. The largest absolute Gasteiger partial charge is 0.487 e. The molecule has 34 heavy (non-hydrogen) atoms. The molecule has 0 bridgehead atoms. The van der Waals surface area contributed by atoms with E-state index >= 15 is 0 Å². The first kappa shape index (κ1) is 23.2. The number of carbonyl (C=O) groups excluding carboxylic acids is 1. The van der Waals surface area contributed by atoms with Crippen LogP contribution in [0.2, 0.25) is 0 Å². The van der Waals surface area contributed by atoms with E-state index in [9.17, 15) is 14.0 Å². The van der Waals surface area contributed by atoms with Crippen LogP contribution in [0.25, 0.3) is 11.3 Å². The van der Waals surface area contributed by atoms with Gasteiger partial charge in [0.05, 0.1) is 18.3 Å². The Morgan fingerprint density at radius 3 is 2.76 bits per heavy atom. The number of carbonyl (C=O) groups is 2. The number of hydrogen-bond acceptors (Lipinski definition) is 5. The van der Waals surface area contributed by atoms with Gasteiger partial charge in [0, 0.05) is 41.3 Å². The number of nitrogens with two attached hydrogens (primary N) is 1. The van der Waals surface area contributed by atoms with Crippen LogP contribution in [0.15, 0.2) is 48.9 Å². The number of anilines is 1. The predicted octanol–water partition coefficient (Wildman–Crippen LogP) is 3.11. The lowest BCUT2D eigenvalue weighted by Crippen LogP contribution is -2.05. The molecule has 0 aliphatic carbocycles. The van der Waals surface area contributed by atoms with Crippen LogP contribution >= 0.6 is 0 Å². The van der Waals surface area contributed by atoms with Crippen LogP contribution < -0.4 is 11.1 Å². The standard InChI is InChI=1S/C18H15FN2O2.C7H10N2O2/c19-12-2-4-15-14(8-12)16(18(22)21-15)17-13-3-1-10(5-6-20)7-11(13)9-23-17;1-9-5-8-4-6(9)2-3-7(10)11/h1-4,7-8H,5-6,9,20H2,(H,21,22);4-5H,2-3H2,1H3,(H,10,11)/b17-16+;. The number of imidazole rings is 1. The Morgan fingerprint density at radius 2 is 2.06 bits per heavy atom. The maximum atomic E-state index is 13.6. The molecule has 4 N–H and O–H groups in total. The van der Waals surface area contributed by atoms with Gasteiger partial charge in [0.2, 0.25) is 0 Å². The Bertz CT molecular complexity index is 1280. The third kappa shape index (κ3) is 4.84. The molecule has 0 atom stereocenters. The Kier molecular flexibility index (Phi) is 6.74. The van der Waals surface area contributed by atoms with Crippen LogP contribution in [-0.2, 0) is 40.8 Å². The number of benzene rings is 2. The molecule has 3 aromatic rings. The van der Waals surface area contributed by atoms with Crippen molar-refractivity contribution in [2.45, 2.75) is 25.9 Å². The Labute approximate surface area is 195 Å². The molecule has 0 spiro atoms. The second-order valence-electron chi connectivity index (χ2n) is 8.06. The number of nitrogens with one attached hydrogen (secondary N) is 1. The average Bonchev–Trinajstić information content (AvgIpc) is 3.48.